The molecule has 20 heavy (non-hydrogen) atoms. The van der Waals surface area contributed by atoms with Crippen LogP contribution in [0.1, 0.15) is 64.0 Å². The summed E-state index contributed by atoms with van der Waals surface area (Å²) < 4.78 is 6.15. The summed E-state index contributed by atoms with van der Waals surface area (Å²) in [5.74, 6) is 0.241. The van der Waals surface area contributed by atoms with Gasteiger partial charge in [0.1, 0.15) is 0 Å². The third kappa shape index (κ3) is 4.07. The minimum absolute atomic E-state index is 0.0524. The largest absolute Gasteiger partial charge is 0.393 e. The number of aliphatic hydroxyl groups is 1. The molecule has 0 unspecified atom stereocenters. The van der Waals surface area contributed by atoms with Gasteiger partial charge in [-0.2, -0.15) is 0 Å². The fourth-order valence-electron chi connectivity index (χ4n) is 3.24. The van der Waals surface area contributed by atoms with Crippen molar-refractivity contribution < 1.29 is 9.84 Å². The number of hydrogen-bond donors (Lipinski definition) is 1. The summed E-state index contributed by atoms with van der Waals surface area (Å²) in [5.41, 5.74) is 1.21. The number of ether oxygens (including phenoxy) is 1. The zero-order valence-electron chi connectivity index (χ0n) is 12.8. The first kappa shape index (κ1) is 15.5. The minimum atomic E-state index is -0.231. The molecule has 0 radical (unpaired) electrons. The Morgan fingerprint density at radius 2 is 1.90 bits per heavy atom. The minimum Gasteiger partial charge on any atom is -0.393 e. The van der Waals surface area contributed by atoms with Crippen molar-refractivity contribution in [1.29, 1.82) is 0 Å². The first-order chi connectivity index (χ1) is 9.72. The molecule has 1 N–H and O–H groups in total. The second-order valence-electron chi connectivity index (χ2n) is 6.09. The smallest absolute Gasteiger partial charge is 0.0881 e. The molecule has 0 aromatic heterocycles. The molecule has 0 amide bonds. The topological polar surface area (TPSA) is 29.5 Å². The maximum atomic E-state index is 10.4. The van der Waals surface area contributed by atoms with Gasteiger partial charge in [-0.3, -0.25) is 0 Å². The van der Waals surface area contributed by atoms with Gasteiger partial charge in [-0.05, 0) is 25.3 Å². The molecule has 2 rings (SSSR count). The van der Waals surface area contributed by atoms with Crippen LogP contribution in [0.4, 0.5) is 0 Å². The Bertz CT molecular complexity index is 376. The molecule has 0 spiro atoms. The third-order valence-electron chi connectivity index (χ3n) is 4.35. The monoisotopic (exact) mass is 276 g/mol. The highest BCUT2D eigenvalue weighted by atomic mass is 16.5. The van der Waals surface area contributed by atoms with Crippen molar-refractivity contribution in [3.8, 4) is 0 Å². The molecule has 1 aromatic rings. The summed E-state index contributed by atoms with van der Waals surface area (Å²) in [6, 6.07) is 10.4. The van der Waals surface area contributed by atoms with Crippen molar-refractivity contribution >= 4 is 0 Å². The van der Waals surface area contributed by atoms with E-state index >= 15 is 0 Å². The van der Waals surface area contributed by atoms with Crippen LogP contribution in [0.3, 0.4) is 0 Å². The Balaban J connectivity index is 2.03. The lowest BCUT2D eigenvalue weighted by Gasteiger charge is -2.39. The van der Waals surface area contributed by atoms with Crippen LogP contribution >= 0.6 is 0 Å². The van der Waals surface area contributed by atoms with Gasteiger partial charge in [-0.25, -0.2) is 0 Å². The summed E-state index contributed by atoms with van der Waals surface area (Å²) in [6.45, 7) is 4.29. The zero-order valence-corrected chi connectivity index (χ0v) is 12.8. The number of aliphatic hydroxyl groups excluding tert-OH is 1. The van der Waals surface area contributed by atoms with Crippen LogP contribution in [-0.4, -0.2) is 17.3 Å². The summed E-state index contributed by atoms with van der Waals surface area (Å²) in [7, 11) is 0. The van der Waals surface area contributed by atoms with Crippen molar-refractivity contribution in [2.24, 2.45) is 5.92 Å². The van der Waals surface area contributed by atoms with Crippen LogP contribution < -0.4 is 0 Å². The third-order valence-corrected chi connectivity index (χ3v) is 4.35. The number of hydrogen-bond acceptors (Lipinski definition) is 2. The van der Waals surface area contributed by atoms with Crippen LogP contribution in [-0.2, 0) is 4.74 Å². The number of benzene rings is 1. The molecule has 1 aliphatic rings. The molecule has 0 bridgehead atoms. The standard InChI is InChI=1S/C18H28O2/c1-3-4-5-9-12-16-17(19)13-14(2)20-18(16)15-10-7-6-8-11-15/h6-8,10-11,14,16-19H,3-5,9,12-13H2,1-2H3/t14-,16-,17+,18+/m0/s1. The van der Waals surface area contributed by atoms with E-state index in [1.54, 1.807) is 0 Å². The Kier molecular flexibility index (Phi) is 6.06. The van der Waals surface area contributed by atoms with Gasteiger partial charge in [-0.15, -0.1) is 0 Å². The summed E-state index contributed by atoms with van der Waals surface area (Å²) in [4.78, 5) is 0. The van der Waals surface area contributed by atoms with Crippen molar-refractivity contribution in [3.63, 3.8) is 0 Å². The van der Waals surface area contributed by atoms with E-state index in [9.17, 15) is 5.11 Å². The Hall–Kier alpha value is -0.860. The van der Waals surface area contributed by atoms with Gasteiger partial charge >= 0.3 is 0 Å². The molecule has 2 heteroatoms. The lowest BCUT2D eigenvalue weighted by molar-refractivity contribution is -0.134. The van der Waals surface area contributed by atoms with Gasteiger partial charge < -0.3 is 9.84 Å². The van der Waals surface area contributed by atoms with E-state index in [-0.39, 0.29) is 24.2 Å². The van der Waals surface area contributed by atoms with Gasteiger partial charge in [0.05, 0.1) is 18.3 Å². The van der Waals surface area contributed by atoms with Crippen LogP contribution in [0, 0.1) is 5.92 Å². The van der Waals surface area contributed by atoms with Crippen molar-refractivity contribution in [3.05, 3.63) is 35.9 Å². The highest BCUT2D eigenvalue weighted by Crippen LogP contribution is 2.39. The van der Waals surface area contributed by atoms with E-state index in [4.69, 9.17) is 4.74 Å². The second-order valence-corrected chi connectivity index (χ2v) is 6.09. The predicted octanol–water partition coefficient (Wildman–Crippen LogP) is 4.48. The second kappa shape index (κ2) is 7.80. The van der Waals surface area contributed by atoms with Gasteiger partial charge in [-0.1, -0.05) is 62.9 Å². The predicted molar refractivity (Wildman–Crippen MR) is 82.6 cm³/mol. The molecule has 1 aliphatic heterocycles. The lowest BCUT2D eigenvalue weighted by Crippen LogP contribution is -2.38. The summed E-state index contributed by atoms with van der Waals surface area (Å²) in [5, 5.41) is 10.4. The molecule has 1 saturated heterocycles. The fraction of sp³-hybridized carbons (Fsp3) is 0.667. The van der Waals surface area contributed by atoms with Crippen molar-refractivity contribution in [2.75, 3.05) is 0 Å². The maximum absolute atomic E-state index is 10.4. The Labute approximate surface area is 123 Å². The normalized spacial score (nSPS) is 30.4. The molecular formula is C18H28O2. The first-order valence-corrected chi connectivity index (χ1v) is 8.10. The van der Waals surface area contributed by atoms with Crippen LogP contribution in [0.2, 0.25) is 0 Å². The van der Waals surface area contributed by atoms with E-state index in [1.165, 1.54) is 31.2 Å². The van der Waals surface area contributed by atoms with E-state index < -0.39 is 0 Å². The Morgan fingerprint density at radius 1 is 1.15 bits per heavy atom. The Morgan fingerprint density at radius 3 is 2.60 bits per heavy atom. The van der Waals surface area contributed by atoms with E-state index in [0.29, 0.717) is 0 Å². The summed E-state index contributed by atoms with van der Waals surface area (Å²) in [6.07, 6.45) is 6.78. The van der Waals surface area contributed by atoms with E-state index in [1.807, 2.05) is 6.07 Å². The average molecular weight is 276 g/mol. The van der Waals surface area contributed by atoms with Crippen LogP contribution in [0.15, 0.2) is 30.3 Å². The summed E-state index contributed by atoms with van der Waals surface area (Å²) >= 11 is 0. The van der Waals surface area contributed by atoms with E-state index in [2.05, 4.69) is 38.1 Å². The molecule has 4 atom stereocenters. The fourth-order valence-corrected chi connectivity index (χ4v) is 3.24. The molecule has 1 fully saturated rings. The molecule has 2 nitrogen and oxygen atoms in total. The first-order valence-electron chi connectivity index (χ1n) is 8.10. The maximum Gasteiger partial charge on any atom is 0.0881 e. The van der Waals surface area contributed by atoms with Crippen molar-refractivity contribution in [2.45, 2.75) is 70.7 Å². The van der Waals surface area contributed by atoms with Gasteiger partial charge in [0.15, 0.2) is 0 Å². The molecule has 1 aromatic carbocycles. The molecule has 0 aliphatic carbocycles. The lowest BCUT2D eigenvalue weighted by atomic mass is 9.82. The van der Waals surface area contributed by atoms with Gasteiger partial charge in [0, 0.05) is 5.92 Å². The number of rotatable bonds is 6. The van der Waals surface area contributed by atoms with E-state index in [0.717, 1.165) is 12.8 Å². The van der Waals surface area contributed by atoms with Crippen LogP contribution in [0.5, 0.6) is 0 Å². The molecule has 1 heterocycles. The van der Waals surface area contributed by atoms with Gasteiger partial charge in [0.2, 0.25) is 0 Å². The molecule has 112 valence electrons. The highest BCUT2D eigenvalue weighted by Gasteiger charge is 2.36. The average Bonchev–Trinajstić information content (AvgIpc) is 2.46. The van der Waals surface area contributed by atoms with Gasteiger partial charge in [0.25, 0.3) is 0 Å². The SMILES string of the molecule is CCCCCC[C@H]1[C@H](O)C[C@H](C)O[C@@H]1c1ccccc1. The van der Waals surface area contributed by atoms with Crippen LogP contribution in [0.25, 0.3) is 0 Å². The number of unbranched alkanes of at least 4 members (excludes halogenated alkanes) is 3. The molecular weight excluding hydrogens is 248 g/mol. The zero-order chi connectivity index (χ0) is 14.4. The highest BCUT2D eigenvalue weighted by molar-refractivity contribution is 5.19. The van der Waals surface area contributed by atoms with Crippen molar-refractivity contribution in [1.82, 2.24) is 0 Å². The molecule has 0 saturated carbocycles. The quantitative estimate of drug-likeness (QED) is 0.776.